The minimum atomic E-state index is -3.97. The van der Waals surface area contributed by atoms with Crippen molar-refractivity contribution in [1.82, 2.24) is 0 Å². The molecule has 0 aromatic carbocycles. The van der Waals surface area contributed by atoms with Crippen molar-refractivity contribution in [2.75, 3.05) is 12.6 Å². The molecule has 0 aliphatic heterocycles. The number of hydrogen-bond acceptors (Lipinski definition) is 4. The molecule has 0 rings (SSSR count). The van der Waals surface area contributed by atoms with Crippen molar-refractivity contribution >= 4 is 23.8 Å². The molecular formula is C4H13BrO4P-. The highest BCUT2D eigenvalue weighted by atomic mass is 79.9. The third-order valence-corrected chi connectivity index (χ3v) is 1.91. The van der Waals surface area contributed by atoms with Gasteiger partial charge in [-0.3, -0.25) is 4.57 Å². The van der Waals surface area contributed by atoms with Crippen LogP contribution >= 0.6 is 23.8 Å². The second kappa shape index (κ2) is 7.69. The predicted molar refractivity (Wildman–Crippen MR) is 43.0 cm³/mol. The van der Waals surface area contributed by atoms with Crippen LogP contribution in [0.2, 0.25) is 0 Å². The van der Waals surface area contributed by atoms with Crippen molar-refractivity contribution < 1.29 is 18.5 Å². The lowest BCUT2D eigenvalue weighted by Crippen LogP contribution is -2.04. The van der Waals surface area contributed by atoms with Crippen molar-refractivity contribution in [3.63, 3.8) is 0 Å². The van der Waals surface area contributed by atoms with E-state index < -0.39 is 7.82 Å². The molecule has 1 atom stereocenters. The maximum atomic E-state index is 10.2. The van der Waals surface area contributed by atoms with E-state index in [9.17, 15) is 9.46 Å². The van der Waals surface area contributed by atoms with Gasteiger partial charge in [0.05, 0.1) is 0 Å². The molecule has 66 valence electrons. The Morgan fingerprint density at radius 1 is 1.60 bits per heavy atom. The smallest absolute Gasteiger partial charge is 0.268 e. The first kappa shape index (κ1) is 16.9. The second-order valence-corrected chi connectivity index (χ2v) is 2.84. The Morgan fingerprint density at radius 3 is 2.10 bits per heavy atom. The number of phosphoric acid groups is 1. The molecule has 10 heavy (non-hydrogen) atoms. The van der Waals surface area contributed by atoms with E-state index in [1.54, 1.807) is 0 Å². The Kier molecular flexibility index (Phi) is 13.0. The van der Waals surface area contributed by atoms with E-state index in [0.29, 0.717) is 0 Å². The lowest BCUT2D eigenvalue weighted by Gasteiger charge is -2.17. The van der Waals surface area contributed by atoms with Crippen molar-refractivity contribution in [2.45, 2.75) is 14.9 Å². The Balaban J connectivity index is -0.000000245. The predicted octanol–water partition coefficient (Wildman–Crippen LogP) is 1.74. The zero-order valence-corrected chi connectivity index (χ0v) is 6.65. The number of alkyl halides is 1. The molecule has 0 fully saturated rings. The molecule has 0 saturated carbocycles. The molecule has 0 bridgehead atoms. The first-order valence-electron chi connectivity index (χ1n) is 1.69. The summed E-state index contributed by atoms with van der Waals surface area (Å²) in [6, 6.07) is 0. The largest absolute Gasteiger partial charge is 0.756 e. The average molecular weight is 236 g/mol. The molecule has 4 nitrogen and oxygen atoms in total. The summed E-state index contributed by atoms with van der Waals surface area (Å²) in [4.78, 5) is 10.2. The standard InChI is InChI=1S/C2H6BrO4P.2CH4/c1-6-8(4,5)7-2-3;;/h2H2,1H3,(H,4,5);2*1H4/p-1. The normalized spacial score (nSPS) is 14.3. The Morgan fingerprint density at radius 2 is 2.00 bits per heavy atom. The molecule has 0 radical (unpaired) electrons. The van der Waals surface area contributed by atoms with E-state index in [0.717, 1.165) is 7.11 Å². The van der Waals surface area contributed by atoms with E-state index in [1.165, 1.54) is 0 Å². The molecule has 0 N–H and O–H groups in total. The SMILES string of the molecule is C.C.COP(=O)([O-])OCBr. The van der Waals surface area contributed by atoms with Crippen LogP contribution in [0.4, 0.5) is 0 Å². The van der Waals surface area contributed by atoms with Gasteiger partial charge in [-0.25, -0.2) is 0 Å². The van der Waals surface area contributed by atoms with Gasteiger partial charge in [0.15, 0.2) is 0 Å². The first-order valence-corrected chi connectivity index (χ1v) is 4.28. The van der Waals surface area contributed by atoms with Gasteiger partial charge in [-0.15, -0.1) is 0 Å². The fourth-order valence-corrected chi connectivity index (χ4v) is 1.09. The van der Waals surface area contributed by atoms with Crippen LogP contribution in [0.25, 0.3) is 0 Å². The summed E-state index contributed by atoms with van der Waals surface area (Å²) >= 11 is 2.75. The first-order chi connectivity index (χ1) is 3.62. The van der Waals surface area contributed by atoms with Crippen LogP contribution < -0.4 is 4.89 Å². The summed E-state index contributed by atoms with van der Waals surface area (Å²) in [5.74, 6) is 0. The highest BCUT2D eigenvalue weighted by Gasteiger charge is 2.02. The maximum Gasteiger partial charge on any atom is 0.268 e. The van der Waals surface area contributed by atoms with Gasteiger partial charge >= 0.3 is 0 Å². The monoisotopic (exact) mass is 235 g/mol. The van der Waals surface area contributed by atoms with Crippen LogP contribution in [-0.4, -0.2) is 12.6 Å². The number of halogens is 1. The van der Waals surface area contributed by atoms with E-state index in [1.807, 2.05) is 0 Å². The average Bonchev–Trinajstić information content (AvgIpc) is 1.67. The van der Waals surface area contributed by atoms with Crippen LogP contribution in [0.1, 0.15) is 14.9 Å². The summed E-state index contributed by atoms with van der Waals surface area (Å²) in [5.41, 5.74) is -0.0678. The Labute approximate surface area is 70.3 Å². The molecule has 0 aromatic heterocycles. The van der Waals surface area contributed by atoms with Gasteiger partial charge in [0.25, 0.3) is 7.82 Å². The topological polar surface area (TPSA) is 58.6 Å². The van der Waals surface area contributed by atoms with Crippen LogP contribution in [0.3, 0.4) is 0 Å². The molecule has 0 spiro atoms. The Hall–Kier alpha value is 0.590. The maximum absolute atomic E-state index is 10.2. The quantitative estimate of drug-likeness (QED) is 0.553. The summed E-state index contributed by atoms with van der Waals surface area (Å²) < 4.78 is 18.2. The zero-order valence-electron chi connectivity index (χ0n) is 4.17. The van der Waals surface area contributed by atoms with Crippen LogP contribution in [0, 0.1) is 0 Å². The van der Waals surface area contributed by atoms with Crippen molar-refractivity contribution in [2.24, 2.45) is 0 Å². The number of rotatable bonds is 3. The highest BCUT2D eigenvalue weighted by molar-refractivity contribution is 9.09. The molecule has 0 aromatic rings. The van der Waals surface area contributed by atoms with Gasteiger partial charge in [0.2, 0.25) is 0 Å². The molecular weight excluding hydrogens is 223 g/mol. The lowest BCUT2D eigenvalue weighted by molar-refractivity contribution is -0.220. The fourth-order valence-electron chi connectivity index (χ4n) is 0.112. The van der Waals surface area contributed by atoms with Crippen molar-refractivity contribution in [1.29, 1.82) is 0 Å². The molecule has 0 aliphatic carbocycles. The summed E-state index contributed by atoms with van der Waals surface area (Å²) in [6.45, 7) is 0. The number of hydrogen-bond donors (Lipinski definition) is 0. The van der Waals surface area contributed by atoms with E-state index in [2.05, 4.69) is 25.0 Å². The minimum Gasteiger partial charge on any atom is -0.756 e. The van der Waals surface area contributed by atoms with Gasteiger partial charge in [-0.05, 0) is 0 Å². The third kappa shape index (κ3) is 8.59. The van der Waals surface area contributed by atoms with E-state index in [-0.39, 0.29) is 20.4 Å². The highest BCUT2D eigenvalue weighted by Crippen LogP contribution is 2.36. The Bertz CT molecular complexity index is 107. The number of phosphoric ester groups is 1. The summed E-state index contributed by atoms with van der Waals surface area (Å²) in [5, 5.41) is 0. The second-order valence-electron chi connectivity index (χ2n) is 0.868. The fraction of sp³-hybridized carbons (Fsp3) is 1.00. The van der Waals surface area contributed by atoms with Gasteiger partial charge in [-0.1, -0.05) is 30.8 Å². The lowest BCUT2D eigenvalue weighted by atomic mass is 11.8. The molecule has 0 heterocycles. The minimum absolute atomic E-state index is 0. The zero-order chi connectivity index (χ0) is 6.62. The summed E-state index contributed by atoms with van der Waals surface area (Å²) in [7, 11) is -2.93. The van der Waals surface area contributed by atoms with Crippen molar-refractivity contribution in [3.8, 4) is 0 Å². The molecule has 6 heteroatoms. The van der Waals surface area contributed by atoms with Crippen LogP contribution in [0.5, 0.6) is 0 Å². The van der Waals surface area contributed by atoms with Gasteiger partial charge in [0.1, 0.15) is 5.52 Å². The molecule has 0 aliphatic rings. The third-order valence-electron chi connectivity index (χ3n) is 0.431. The van der Waals surface area contributed by atoms with Crippen molar-refractivity contribution in [3.05, 3.63) is 0 Å². The molecule has 1 unspecified atom stereocenters. The van der Waals surface area contributed by atoms with Crippen LogP contribution in [0.15, 0.2) is 0 Å². The molecule has 0 amide bonds. The van der Waals surface area contributed by atoms with Crippen LogP contribution in [-0.2, 0) is 13.6 Å². The van der Waals surface area contributed by atoms with E-state index in [4.69, 9.17) is 0 Å². The van der Waals surface area contributed by atoms with E-state index >= 15 is 0 Å². The van der Waals surface area contributed by atoms with Gasteiger partial charge in [0, 0.05) is 7.11 Å². The van der Waals surface area contributed by atoms with Gasteiger partial charge < -0.3 is 13.9 Å². The molecule has 0 saturated heterocycles. The summed E-state index contributed by atoms with van der Waals surface area (Å²) in [6.07, 6.45) is 0. The van der Waals surface area contributed by atoms with Gasteiger partial charge in [-0.2, -0.15) is 0 Å².